The number of hydrogen-bond donors (Lipinski definition) is 3. The Morgan fingerprint density at radius 2 is 1.87 bits per heavy atom. The average molecular weight is 313 g/mol. The van der Waals surface area contributed by atoms with Crippen LogP contribution in [-0.2, 0) is 4.79 Å². The molecule has 0 aliphatic rings. The molecule has 0 aliphatic heterocycles. The van der Waals surface area contributed by atoms with E-state index in [9.17, 15) is 9.59 Å². The van der Waals surface area contributed by atoms with Crippen LogP contribution in [0.5, 0.6) is 0 Å². The minimum Gasteiger partial charge on any atom is -0.481 e. The minimum absolute atomic E-state index is 0.0892. The first kappa shape index (κ1) is 16.4. The number of carbonyl (C=O) groups excluding carboxylic acids is 1. The van der Waals surface area contributed by atoms with Crippen LogP contribution in [-0.4, -0.2) is 30.6 Å². The van der Waals surface area contributed by atoms with Gasteiger partial charge in [-0.3, -0.25) is 9.59 Å². The van der Waals surface area contributed by atoms with Gasteiger partial charge in [0.1, 0.15) is 0 Å². The fourth-order valence-corrected chi connectivity index (χ4v) is 2.24. The summed E-state index contributed by atoms with van der Waals surface area (Å²) in [5.74, 6) is -1.24. The minimum atomic E-state index is -0.955. The van der Waals surface area contributed by atoms with Gasteiger partial charge in [0.2, 0.25) is 0 Å². The molecular formula is C17H19N3O3. The van der Waals surface area contributed by atoms with Gasteiger partial charge in [0.25, 0.3) is 5.91 Å². The zero-order valence-electron chi connectivity index (χ0n) is 12.8. The summed E-state index contributed by atoms with van der Waals surface area (Å²) in [6.45, 7) is 0.0892. The summed E-state index contributed by atoms with van der Waals surface area (Å²) >= 11 is 0. The number of para-hydroxylation sites is 1. The van der Waals surface area contributed by atoms with Crippen LogP contribution >= 0.6 is 0 Å². The summed E-state index contributed by atoms with van der Waals surface area (Å²) in [5.41, 5.74) is 8.16. The van der Waals surface area contributed by atoms with Crippen molar-refractivity contribution in [1.82, 2.24) is 0 Å². The van der Waals surface area contributed by atoms with Gasteiger partial charge in [-0.25, -0.2) is 0 Å². The molecule has 0 radical (unpaired) electrons. The van der Waals surface area contributed by atoms with Crippen molar-refractivity contribution in [3.8, 4) is 0 Å². The van der Waals surface area contributed by atoms with Crippen molar-refractivity contribution in [2.45, 2.75) is 6.42 Å². The van der Waals surface area contributed by atoms with Gasteiger partial charge >= 0.3 is 5.97 Å². The van der Waals surface area contributed by atoms with E-state index >= 15 is 0 Å². The second-order valence-corrected chi connectivity index (χ2v) is 4.99. The predicted molar refractivity (Wildman–Crippen MR) is 90.8 cm³/mol. The van der Waals surface area contributed by atoms with E-state index in [1.807, 2.05) is 6.07 Å². The standard InChI is InChI=1S/C17H19N3O3/c1-19-15-8-7-12(11-14(15)18)17(23)20(10-9-16(21)22)13-5-3-2-4-6-13/h2-8,11,19H,9-10,18H2,1H3,(H,21,22). The molecule has 6 heteroatoms. The van der Waals surface area contributed by atoms with E-state index in [2.05, 4.69) is 5.32 Å². The SMILES string of the molecule is CNc1ccc(C(=O)N(CCC(=O)O)c2ccccc2)cc1N. The van der Waals surface area contributed by atoms with Crippen LogP contribution in [0.1, 0.15) is 16.8 Å². The summed E-state index contributed by atoms with van der Waals surface area (Å²) in [6.07, 6.45) is -0.134. The number of nitrogens with one attached hydrogen (secondary N) is 1. The number of amides is 1. The molecule has 0 bridgehead atoms. The molecule has 0 fully saturated rings. The number of carboxylic acid groups (broad SMARTS) is 1. The van der Waals surface area contributed by atoms with Gasteiger partial charge in [0.15, 0.2) is 0 Å². The molecule has 0 atom stereocenters. The topological polar surface area (TPSA) is 95.7 Å². The summed E-state index contributed by atoms with van der Waals surface area (Å²) in [5, 5.41) is 11.8. The van der Waals surface area contributed by atoms with Gasteiger partial charge in [0, 0.05) is 24.8 Å². The smallest absolute Gasteiger partial charge is 0.305 e. The van der Waals surface area contributed by atoms with E-state index in [4.69, 9.17) is 10.8 Å². The fraction of sp³-hybridized carbons (Fsp3) is 0.176. The number of nitrogen functional groups attached to an aromatic ring is 1. The number of carbonyl (C=O) groups is 2. The molecule has 120 valence electrons. The first-order chi connectivity index (χ1) is 11.0. The Kier molecular flexibility index (Phi) is 5.19. The molecular weight excluding hydrogens is 294 g/mol. The Morgan fingerprint density at radius 1 is 1.17 bits per heavy atom. The number of nitrogens with two attached hydrogens (primary N) is 1. The largest absolute Gasteiger partial charge is 0.481 e. The second-order valence-electron chi connectivity index (χ2n) is 4.99. The number of rotatable bonds is 6. The highest BCUT2D eigenvalue weighted by atomic mass is 16.4. The molecule has 2 rings (SSSR count). The molecule has 6 nitrogen and oxygen atoms in total. The summed E-state index contributed by atoms with van der Waals surface area (Å²) in [4.78, 5) is 25.1. The summed E-state index contributed by atoms with van der Waals surface area (Å²) in [6, 6.07) is 14.0. The third-order valence-electron chi connectivity index (χ3n) is 3.43. The van der Waals surface area contributed by atoms with Crippen molar-refractivity contribution in [3.05, 3.63) is 54.1 Å². The number of hydrogen-bond acceptors (Lipinski definition) is 4. The van der Waals surface area contributed by atoms with Gasteiger partial charge in [-0.1, -0.05) is 18.2 Å². The lowest BCUT2D eigenvalue weighted by molar-refractivity contribution is -0.136. The molecule has 0 unspecified atom stereocenters. The predicted octanol–water partition coefficient (Wildman–Crippen LogP) is 2.43. The highest BCUT2D eigenvalue weighted by molar-refractivity contribution is 6.07. The van der Waals surface area contributed by atoms with Crippen LogP contribution in [0, 0.1) is 0 Å². The zero-order valence-corrected chi connectivity index (χ0v) is 12.8. The van der Waals surface area contributed by atoms with Crippen molar-refractivity contribution in [2.24, 2.45) is 0 Å². The number of nitrogens with zero attached hydrogens (tertiary/aromatic N) is 1. The number of aliphatic carboxylic acids is 1. The molecule has 0 spiro atoms. The first-order valence-electron chi connectivity index (χ1n) is 7.19. The number of benzene rings is 2. The Labute approximate surface area is 134 Å². The van der Waals surface area contributed by atoms with Crippen LogP contribution in [0.25, 0.3) is 0 Å². The van der Waals surface area contributed by atoms with Crippen LogP contribution in [0.4, 0.5) is 17.1 Å². The van der Waals surface area contributed by atoms with Gasteiger partial charge in [-0.2, -0.15) is 0 Å². The maximum Gasteiger partial charge on any atom is 0.305 e. The normalized spacial score (nSPS) is 10.1. The van der Waals surface area contributed by atoms with Crippen molar-refractivity contribution in [1.29, 1.82) is 0 Å². The van der Waals surface area contributed by atoms with Gasteiger partial charge in [-0.15, -0.1) is 0 Å². The average Bonchev–Trinajstić information content (AvgIpc) is 2.55. The van der Waals surface area contributed by atoms with Crippen molar-refractivity contribution >= 4 is 28.9 Å². The lowest BCUT2D eigenvalue weighted by atomic mass is 10.1. The van der Waals surface area contributed by atoms with Crippen molar-refractivity contribution in [2.75, 3.05) is 29.5 Å². The Hall–Kier alpha value is -3.02. The summed E-state index contributed by atoms with van der Waals surface area (Å²) in [7, 11) is 1.75. The molecule has 2 aromatic rings. The van der Waals surface area contributed by atoms with Crippen LogP contribution in [0.3, 0.4) is 0 Å². The van der Waals surface area contributed by atoms with Gasteiger partial charge in [0.05, 0.1) is 17.8 Å². The molecule has 2 aromatic carbocycles. The Morgan fingerprint density at radius 3 is 2.43 bits per heavy atom. The van der Waals surface area contributed by atoms with Crippen LogP contribution in [0.2, 0.25) is 0 Å². The number of carboxylic acids is 1. The van der Waals surface area contributed by atoms with Crippen LogP contribution < -0.4 is 16.0 Å². The maximum atomic E-state index is 12.8. The second kappa shape index (κ2) is 7.31. The molecule has 1 amide bonds. The molecule has 0 saturated carbocycles. The van der Waals surface area contributed by atoms with Gasteiger partial charge < -0.3 is 21.1 Å². The van der Waals surface area contributed by atoms with Crippen molar-refractivity contribution < 1.29 is 14.7 Å². The van der Waals surface area contributed by atoms with Crippen LogP contribution in [0.15, 0.2) is 48.5 Å². The van der Waals surface area contributed by atoms with E-state index in [-0.39, 0.29) is 18.9 Å². The van der Waals surface area contributed by atoms with Gasteiger partial charge in [-0.05, 0) is 30.3 Å². The zero-order chi connectivity index (χ0) is 16.8. The molecule has 23 heavy (non-hydrogen) atoms. The van der Waals surface area contributed by atoms with E-state index in [0.29, 0.717) is 16.9 Å². The van der Waals surface area contributed by atoms with E-state index in [1.54, 1.807) is 49.5 Å². The molecule has 0 aliphatic carbocycles. The first-order valence-corrected chi connectivity index (χ1v) is 7.19. The van der Waals surface area contributed by atoms with E-state index in [0.717, 1.165) is 5.69 Å². The molecule has 4 N–H and O–H groups in total. The third-order valence-corrected chi connectivity index (χ3v) is 3.43. The molecule has 0 heterocycles. The fourth-order valence-electron chi connectivity index (χ4n) is 2.24. The third kappa shape index (κ3) is 4.00. The monoisotopic (exact) mass is 313 g/mol. The Bertz CT molecular complexity index is 701. The van der Waals surface area contributed by atoms with E-state index in [1.165, 1.54) is 4.90 Å². The highest BCUT2D eigenvalue weighted by Crippen LogP contribution is 2.22. The lowest BCUT2D eigenvalue weighted by Crippen LogP contribution is -2.33. The highest BCUT2D eigenvalue weighted by Gasteiger charge is 2.19. The number of anilines is 3. The lowest BCUT2D eigenvalue weighted by Gasteiger charge is -2.22. The molecule has 0 aromatic heterocycles. The Balaban J connectivity index is 2.32. The molecule has 0 saturated heterocycles. The summed E-state index contributed by atoms with van der Waals surface area (Å²) < 4.78 is 0. The van der Waals surface area contributed by atoms with Crippen molar-refractivity contribution in [3.63, 3.8) is 0 Å². The maximum absolute atomic E-state index is 12.8. The van der Waals surface area contributed by atoms with E-state index < -0.39 is 5.97 Å². The quantitative estimate of drug-likeness (QED) is 0.712.